The van der Waals surface area contributed by atoms with Gasteiger partial charge >= 0.3 is 12.1 Å². The Bertz CT molecular complexity index is 723. The van der Waals surface area contributed by atoms with Crippen molar-refractivity contribution in [3.05, 3.63) is 53.5 Å². The number of alkyl halides is 3. The molecule has 122 valence electrons. The molecule has 23 heavy (non-hydrogen) atoms. The first-order chi connectivity index (χ1) is 10.8. The number of halogens is 3. The van der Waals surface area contributed by atoms with Gasteiger partial charge in [0.25, 0.3) is 0 Å². The van der Waals surface area contributed by atoms with Crippen LogP contribution in [0.4, 0.5) is 18.9 Å². The first kappa shape index (κ1) is 15.5. The van der Waals surface area contributed by atoms with Crippen molar-refractivity contribution in [3.8, 4) is 0 Å². The number of nitrogens with zero attached hydrogens (tertiary/aromatic N) is 1. The summed E-state index contributed by atoms with van der Waals surface area (Å²) in [5.74, 6) is -1.36. The van der Waals surface area contributed by atoms with Gasteiger partial charge in [-0.25, -0.2) is 0 Å². The molecule has 0 bridgehead atoms. The maximum absolute atomic E-state index is 12.6. The maximum Gasteiger partial charge on any atom is 0.419 e. The van der Waals surface area contributed by atoms with Crippen molar-refractivity contribution in [1.29, 1.82) is 0 Å². The van der Waals surface area contributed by atoms with Gasteiger partial charge in [-0.2, -0.15) is 13.2 Å². The smallest absolute Gasteiger partial charge is 0.419 e. The summed E-state index contributed by atoms with van der Waals surface area (Å²) in [4.78, 5) is 13.0. The first-order valence-electron chi connectivity index (χ1n) is 7.05. The highest BCUT2D eigenvalue weighted by atomic mass is 19.4. The van der Waals surface area contributed by atoms with Gasteiger partial charge in [0.15, 0.2) is 0 Å². The third-order valence-electron chi connectivity index (χ3n) is 3.92. The Labute approximate surface area is 130 Å². The highest BCUT2D eigenvalue weighted by molar-refractivity contribution is 5.73. The number of fused-ring (bicyclic) bond motifs is 1. The maximum atomic E-state index is 12.6. The van der Waals surface area contributed by atoms with Crippen LogP contribution in [0.1, 0.15) is 16.9 Å². The van der Waals surface area contributed by atoms with E-state index in [1.54, 1.807) is 4.90 Å². The molecule has 1 N–H and O–H groups in total. The number of anilines is 1. The average molecular weight is 325 g/mol. The van der Waals surface area contributed by atoms with Crippen molar-refractivity contribution in [2.75, 3.05) is 11.4 Å². The molecule has 1 aliphatic heterocycles. The Balaban J connectivity index is 1.86. The van der Waals surface area contributed by atoms with Crippen molar-refractivity contribution in [2.45, 2.75) is 19.1 Å². The summed E-state index contributed by atoms with van der Waals surface area (Å²) in [5.41, 5.74) is 0.858. The molecular weight excluding hydrogens is 311 g/mol. The Morgan fingerprint density at radius 1 is 1.35 bits per heavy atom. The van der Waals surface area contributed by atoms with Crippen LogP contribution in [0.2, 0.25) is 0 Å². The number of carboxylic acids is 1. The highest BCUT2D eigenvalue weighted by Gasteiger charge is 2.34. The number of carbonyl (C=O) groups is 1. The minimum Gasteiger partial charge on any atom is -0.481 e. The van der Waals surface area contributed by atoms with E-state index in [0.717, 1.165) is 17.3 Å². The highest BCUT2D eigenvalue weighted by Crippen LogP contribution is 2.33. The lowest BCUT2D eigenvalue weighted by atomic mass is 9.92. The van der Waals surface area contributed by atoms with Crippen molar-refractivity contribution in [1.82, 2.24) is 0 Å². The molecule has 0 saturated heterocycles. The summed E-state index contributed by atoms with van der Waals surface area (Å²) in [6.45, 7) is 0.325. The number of carboxylic acid groups (broad SMARTS) is 1. The van der Waals surface area contributed by atoms with Gasteiger partial charge in [0.05, 0.1) is 18.0 Å². The second kappa shape index (κ2) is 5.64. The summed E-state index contributed by atoms with van der Waals surface area (Å²) in [7, 11) is 0. The van der Waals surface area contributed by atoms with E-state index in [1.165, 1.54) is 0 Å². The predicted octanol–water partition coefficient (Wildman–Crippen LogP) is 3.56. The predicted molar refractivity (Wildman–Crippen MR) is 76.0 cm³/mol. The van der Waals surface area contributed by atoms with E-state index in [1.807, 2.05) is 24.3 Å². The van der Waals surface area contributed by atoms with E-state index in [-0.39, 0.29) is 18.8 Å². The molecule has 0 aliphatic carbocycles. The molecule has 0 amide bonds. The number of para-hydroxylation sites is 1. The second-order valence-corrected chi connectivity index (χ2v) is 5.55. The summed E-state index contributed by atoms with van der Waals surface area (Å²) in [5, 5.41) is 9.26. The van der Waals surface area contributed by atoms with E-state index in [0.29, 0.717) is 12.7 Å². The summed E-state index contributed by atoms with van der Waals surface area (Å²) in [6, 6.07) is 8.25. The third kappa shape index (κ3) is 3.18. The fraction of sp³-hybridized carbons (Fsp3) is 0.312. The van der Waals surface area contributed by atoms with E-state index >= 15 is 0 Å². The SMILES string of the molecule is O=C(O)C1Cc2ccccc2N(Cc2cc(C(F)(F)F)co2)C1. The third-order valence-corrected chi connectivity index (χ3v) is 3.92. The number of hydrogen-bond donors (Lipinski definition) is 1. The standard InChI is InChI=1S/C16H14F3NO3/c17-16(18,19)12-6-13(23-9-12)8-20-7-11(15(21)22)5-10-3-1-2-4-14(10)20/h1-4,6,9,11H,5,7-8H2,(H,21,22). The fourth-order valence-corrected chi connectivity index (χ4v) is 2.80. The molecular formula is C16H14F3NO3. The molecule has 7 heteroatoms. The van der Waals surface area contributed by atoms with Crippen LogP contribution >= 0.6 is 0 Å². The van der Waals surface area contributed by atoms with Gasteiger partial charge in [-0.1, -0.05) is 18.2 Å². The zero-order valence-corrected chi connectivity index (χ0v) is 12.0. The first-order valence-corrected chi connectivity index (χ1v) is 7.05. The largest absolute Gasteiger partial charge is 0.481 e. The lowest BCUT2D eigenvalue weighted by Gasteiger charge is -2.33. The Morgan fingerprint density at radius 2 is 2.09 bits per heavy atom. The van der Waals surface area contributed by atoms with Gasteiger partial charge < -0.3 is 14.4 Å². The Kier molecular flexibility index (Phi) is 3.79. The van der Waals surface area contributed by atoms with Gasteiger partial charge in [0.1, 0.15) is 12.0 Å². The zero-order valence-electron chi connectivity index (χ0n) is 12.0. The molecule has 2 aromatic rings. The number of hydrogen-bond acceptors (Lipinski definition) is 3. The minimum atomic E-state index is -4.45. The summed E-state index contributed by atoms with van der Waals surface area (Å²) < 4.78 is 42.9. The van der Waals surface area contributed by atoms with Gasteiger partial charge in [-0.05, 0) is 24.1 Å². The van der Waals surface area contributed by atoms with Crippen LogP contribution in [-0.4, -0.2) is 17.6 Å². The minimum absolute atomic E-state index is 0.0941. The van der Waals surface area contributed by atoms with Crippen LogP contribution in [0.5, 0.6) is 0 Å². The van der Waals surface area contributed by atoms with Crippen molar-refractivity contribution in [2.24, 2.45) is 5.92 Å². The molecule has 2 heterocycles. The van der Waals surface area contributed by atoms with Crippen LogP contribution in [0, 0.1) is 5.92 Å². The molecule has 1 unspecified atom stereocenters. The van der Waals surface area contributed by atoms with Gasteiger partial charge in [-0.15, -0.1) is 0 Å². The molecule has 1 aromatic carbocycles. The van der Waals surface area contributed by atoms with E-state index < -0.39 is 23.6 Å². The van der Waals surface area contributed by atoms with E-state index in [9.17, 15) is 23.1 Å². The summed E-state index contributed by atoms with van der Waals surface area (Å²) in [6.07, 6.45) is -3.36. The number of aliphatic carboxylic acids is 1. The van der Waals surface area contributed by atoms with Crippen LogP contribution in [0.25, 0.3) is 0 Å². The van der Waals surface area contributed by atoms with Gasteiger partial charge in [0, 0.05) is 12.2 Å². The Hall–Kier alpha value is -2.44. The molecule has 1 aromatic heterocycles. The normalized spacial score (nSPS) is 17.9. The molecule has 0 saturated carbocycles. The topological polar surface area (TPSA) is 53.7 Å². The number of benzene rings is 1. The van der Waals surface area contributed by atoms with Gasteiger partial charge in [-0.3, -0.25) is 4.79 Å². The van der Waals surface area contributed by atoms with Crippen LogP contribution in [-0.2, 0) is 23.9 Å². The second-order valence-electron chi connectivity index (χ2n) is 5.55. The fourth-order valence-electron chi connectivity index (χ4n) is 2.80. The Morgan fingerprint density at radius 3 is 2.74 bits per heavy atom. The molecule has 1 aliphatic rings. The van der Waals surface area contributed by atoms with Crippen molar-refractivity contribution >= 4 is 11.7 Å². The molecule has 1 atom stereocenters. The van der Waals surface area contributed by atoms with Crippen LogP contribution in [0.15, 0.2) is 41.0 Å². The van der Waals surface area contributed by atoms with Crippen LogP contribution in [0.3, 0.4) is 0 Å². The van der Waals surface area contributed by atoms with E-state index in [2.05, 4.69) is 0 Å². The average Bonchev–Trinajstić information content (AvgIpc) is 2.95. The monoisotopic (exact) mass is 325 g/mol. The molecule has 0 spiro atoms. The van der Waals surface area contributed by atoms with Gasteiger partial charge in [0.2, 0.25) is 0 Å². The number of furan rings is 1. The summed E-state index contributed by atoms with van der Waals surface area (Å²) >= 11 is 0. The molecule has 0 radical (unpaired) electrons. The van der Waals surface area contributed by atoms with Crippen molar-refractivity contribution < 1.29 is 27.5 Å². The lowest BCUT2D eigenvalue weighted by Crippen LogP contribution is -2.38. The zero-order chi connectivity index (χ0) is 16.6. The van der Waals surface area contributed by atoms with E-state index in [4.69, 9.17) is 4.42 Å². The molecule has 3 rings (SSSR count). The lowest BCUT2D eigenvalue weighted by molar-refractivity contribution is -0.141. The van der Waals surface area contributed by atoms with Crippen LogP contribution < -0.4 is 4.90 Å². The quantitative estimate of drug-likeness (QED) is 0.937. The molecule has 0 fully saturated rings. The molecule has 4 nitrogen and oxygen atoms in total. The number of rotatable bonds is 3. The van der Waals surface area contributed by atoms with Crippen molar-refractivity contribution in [3.63, 3.8) is 0 Å².